The highest BCUT2D eigenvalue weighted by Gasteiger charge is 2.26. The summed E-state index contributed by atoms with van der Waals surface area (Å²) in [5.74, 6) is 2.10. The molecule has 1 fully saturated rings. The average molecular weight is 224 g/mol. The summed E-state index contributed by atoms with van der Waals surface area (Å²) in [6.45, 7) is 6.61. The van der Waals surface area contributed by atoms with Crippen LogP contribution in [0.1, 0.15) is 31.5 Å². The van der Waals surface area contributed by atoms with Gasteiger partial charge in [0.1, 0.15) is 0 Å². The standard InChI is InChI=1S/C11H20N4O/c1-8-3-4-15(10(5-8)6-12)7-11-14-13-9(2)16-11/h8,10H,3-7,12H2,1-2H3. The molecule has 1 aromatic heterocycles. The van der Waals surface area contributed by atoms with Gasteiger partial charge in [0.25, 0.3) is 0 Å². The van der Waals surface area contributed by atoms with E-state index < -0.39 is 0 Å². The highest BCUT2D eigenvalue weighted by molar-refractivity contribution is 4.86. The molecular formula is C11H20N4O. The third-order valence-corrected chi connectivity index (χ3v) is 3.28. The molecule has 0 aromatic carbocycles. The molecule has 0 radical (unpaired) electrons. The van der Waals surface area contributed by atoms with Gasteiger partial charge in [-0.05, 0) is 25.3 Å². The minimum absolute atomic E-state index is 0.455. The highest BCUT2D eigenvalue weighted by atomic mass is 16.4. The molecule has 2 N–H and O–H groups in total. The van der Waals surface area contributed by atoms with Crippen molar-refractivity contribution in [1.29, 1.82) is 0 Å². The number of hydrogen-bond acceptors (Lipinski definition) is 5. The Labute approximate surface area is 96.0 Å². The van der Waals surface area contributed by atoms with Crippen LogP contribution in [0, 0.1) is 12.8 Å². The quantitative estimate of drug-likeness (QED) is 0.827. The van der Waals surface area contributed by atoms with E-state index in [0.29, 0.717) is 24.4 Å². The molecule has 0 bridgehead atoms. The summed E-state index contributed by atoms with van der Waals surface area (Å²) in [6, 6.07) is 0.455. The van der Waals surface area contributed by atoms with Gasteiger partial charge in [-0.15, -0.1) is 10.2 Å². The van der Waals surface area contributed by atoms with E-state index in [1.165, 1.54) is 12.8 Å². The van der Waals surface area contributed by atoms with Crippen LogP contribution >= 0.6 is 0 Å². The highest BCUT2D eigenvalue weighted by Crippen LogP contribution is 2.23. The smallest absolute Gasteiger partial charge is 0.230 e. The zero-order valence-corrected chi connectivity index (χ0v) is 10.0. The molecule has 2 unspecified atom stereocenters. The number of aryl methyl sites for hydroxylation is 1. The lowest BCUT2D eigenvalue weighted by Gasteiger charge is -2.36. The lowest BCUT2D eigenvalue weighted by molar-refractivity contribution is 0.105. The molecule has 2 heterocycles. The molecular weight excluding hydrogens is 204 g/mol. The molecule has 2 rings (SSSR count). The Bertz CT molecular complexity index is 338. The van der Waals surface area contributed by atoms with Crippen LogP contribution in [0.4, 0.5) is 0 Å². The lowest BCUT2D eigenvalue weighted by Crippen LogP contribution is -2.45. The van der Waals surface area contributed by atoms with Gasteiger partial charge in [0.05, 0.1) is 6.54 Å². The van der Waals surface area contributed by atoms with Crippen LogP contribution in [0.5, 0.6) is 0 Å². The Morgan fingerprint density at radius 1 is 1.50 bits per heavy atom. The number of aromatic nitrogens is 2. The first-order chi connectivity index (χ1) is 7.69. The molecule has 16 heavy (non-hydrogen) atoms. The van der Waals surface area contributed by atoms with Crippen molar-refractivity contribution in [2.75, 3.05) is 13.1 Å². The van der Waals surface area contributed by atoms with Gasteiger partial charge in [0, 0.05) is 19.5 Å². The largest absolute Gasteiger partial charge is 0.424 e. The maximum absolute atomic E-state index is 5.81. The lowest BCUT2D eigenvalue weighted by atomic mass is 9.92. The predicted octanol–water partition coefficient (Wildman–Crippen LogP) is 0.937. The van der Waals surface area contributed by atoms with Gasteiger partial charge in [-0.2, -0.15) is 0 Å². The van der Waals surface area contributed by atoms with Crippen LogP contribution in [-0.2, 0) is 6.54 Å². The molecule has 1 aromatic rings. The number of nitrogens with zero attached hydrogens (tertiary/aromatic N) is 3. The van der Waals surface area contributed by atoms with Crippen LogP contribution in [-0.4, -0.2) is 34.2 Å². The molecule has 0 spiro atoms. The topological polar surface area (TPSA) is 68.2 Å². The van der Waals surface area contributed by atoms with Gasteiger partial charge in [0.2, 0.25) is 11.8 Å². The van der Waals surface area contributed by atoms with Crippen molar-refractivity contribution in [2.24, 2.45) is 11.7 Å². The maximum atomic E-state index is 5.81. The minimum atomic E-state index is 0.455. The summed E-state index contributed by atoms with van der Waals surface area (Å²) in [5, 5.41) is 7.87. The molecule has 5 heteroatoms. The van der Waals surface area contributed by atoms with Gasteiger partial charge < -0.3 is 10.2 Å². The maximum Gasteiger partial charge on any atom is 0.230 e. The van der Waals surface area contributed by atoms with Gasteiger partial charge in [0.15, 0.2) is 0 Å². The van der Waals surface area contributed by atoms with Crippen LogP contribution < -0.4 is 5.73 Å². The van der Waals surface area contributed by atoms with E-state index in [4.69, 9.17) is 10.2 Å². The van der Waals surface area contributed by atoms with Crippen molar-refractivity contribution in [3.8, 4) is 0 Å². The van der Waals surface area contributed by atoms with E-state index in [1.54, 1.807) is 0 Å². The second kappa shape index (κ2) is 4.93. The first-order valence-corrected chi connectivity index (χ1v) is 5.92. The molecule has 1 saturated heterocycles. The number of rotatable bonds is 3. The fourth-order valence-corrected chi connectivity index (χ4v) is 2.33. The number of hydrogen-bond donors (Lipinski definition) is 1. The van der Waals surface area contributed by atoms with Gasteiger partial charge in [-0.1, -0.05) is 6.92 Å². The van der Waals surface area contributed by atoms with Crippen molar-refractivity contribution >= 4 is 0 Å². The van der Waals surface area contributed by atoms with Crippen LogP contribution in [0.3, 0.4) is 0 Å². The zero-order chi connectivity index (χ0) is 11.5. The Hall–Kier alpha value is -0.940. The fourth-order valence-electron chi connectivity index (χ4n) is 2.33. The van der Waals surface area contributed by atoms with Crippen molar-refractivity contribution in [1.82, 2.24) is 15.1 Å². The van der Waals surface area contributed by atoms with Crippen LogP contribution in [0.15, 0.2) is 4.42 Å². The van der Waals surface area contributed by atoms with Crippen molar-refractivity contribution in [3.05, 3.63) is 11.8 Å². The van der Waals surface area contributed by atoms with E-state index in [2.05, 4.69) is 22.0 Å². The van der Waals surface area contributed by atoms with E-state index in [9.17, 15) is 0 Å². The number of likely N-dealkylation sites (tertiary alicyclic amines) is 1. The van der Waals surface area contributed by atoms with Gasteiger partial charge >= 0.3 is 0 Å². The van der Waals surface area contributed by atoms with Crippen molar-refractivity contribution in [2.45, 2.75) is 39.3 Å². The Morgan fingerprint density at radius 2 is 2.31 bits per heavy atom. The van der Waals surface area contributed by atoms with E-state index in [1.807, 2.05) is 6.92 Å². The average Bonchev–Trinajstić information content (AvgIpc) is 2.67. The number of piperidine rings is 1. The molecule has 0 saturated carbocycles. The second-order valence-electron chi connectivity index (χ2n) is 4.70. The Balaban J connectivity index is 1.97. The molecule has 5 nitrogen and oxygen atoms in total. The zero-order valence-electron chi connectivity index (χ0n) is 10.0. The van der Waals surface area contributed by atoms with Gasteiger partial charge in [-0.3, -0.25) is 4.90 Å². The first kappa shape index (κ1) is 11.5. The SMILES string of the molecule is Cc1nnc(CN2CCC(C)CC2CN)o1. The molecule has 1 aliphatic rings. The first-order valence-electron chi connectivity index (χ1n) is 5.92. The monoisotopic (exact) mass is 224 g/mol. The predicted molar refractivity (Wildman–Crippen MR) is 60.7 cm³/mol. The summed E-state index contributed by atoms with van der Waals surface area (Å²) >= 11 is 0. The molecule has 2 atom stereocenters. The molecule has 1 aliphatic heterocycles. The Kier molecular flexibility index (Phi) is 3.56. The van der Waals surface area contributed by atoms with E-state index in [-0.39, 0.29) is 0 Å². The second-order valence-corrected chi connectivity index (χ2v) is 4.70. The summed E-state index contributed by atoms with van der Waals surface area (Å²) in [5.41, 5.74) is 5.81. The van der Waals surface area contributed by atoms with Crippen LogP contribution in [0.25, 0.3) is 0 Å². The van der Waals surface area contributed by atoms with E-state index >= 15 is 0 Å². The minimum Gasteiger partial charge on any atom is -0.424 e. The molecule has 0 amide bonds. The van der Waals surface area contributed by atoms with Crippen molar-refractivity contribution < 1.29 is 4.42 Å². The fraction of sp³-hybridized carbons (Fsp3) is 0.818. The normalized spacial score (nSPS) is 27.2. The Morgan fingerprint density at radius 3 is 2.94 bits per heavy atom. The molecule has 0 aliphatic carbocycles. The number of nitrogens with two attached hydrogens (primary N) is 1. The summed E-state index contributed by atoms with van der Waals surface area (Å²) in [7, 11) is 0. The summed E-state index contributed by atoms with van der Waals surface area (Å²) in [6.07, 6.45) is 2.40. The van der Waals surface area contributed by atoms with Gasteiger partial charge in [-0.25, -0.2) is 0 Å². The van der Waals surface area contributed by atoms with Crippen molar-refractivity contribution in [3.63, 3.8) is 0 Å². The van der Waals surface area contributed by atoms with E-state index in [0.717, 1.165) is 19.0 Å². The third-order valence-electron chi connectivity index (χ3n) is 3.28. The summed E-state index contributed by atoms with van der Waals surface area (Å²) in [4.78, 5) is 2.35. The third kappa shape index (κ3) is 2.59. The van der Waals surface area contributed by atoms with Crippen LogP contribution in [0.2, 0.25) is 0 Å². The molecule has 90 valence electrons. The summed E-state index contributed by atoms with van der Waals surface area (Å²) < 4.78 is 5.40.